The van der Waals surface area contributed by atoms with Crippen LogP contribution in [0.3, 0.4) is 0 Å². The van der Waals surface area contributed by atoms with Crippen molar-refractivity contribution in [3.63, 3.8) is 0 Å². The van der Waals surface area contributed by atoms with Gasteiger partial charge in [0.1, 0.15) is 5.84 Å². The van der Waals surface area contributed by atoms with E-state index in [-0.39, 0.29) is 16.7 Å². The van der Waals surface area contributed by atoms with Gasteiger partial charge in [-0.05, 0) is 62.1 Å². The van der Waals surface area contributed by atoms with Crippen molar-refractivity contribution < 1.29 is 13.2 Å². The first-order valence-corrected chi connectivity index (χ1v) is 11.8. The van der Waals surface area contributed by atoms with Crippen LogP contribution in [0.15, 0.2) is 33.6 Å². The van der Waals surface area contributed by atoms with Crippen LogP contribution in [-0.4, -0.2) is 38.7 Å². The van der Waals surface area contributed by atoms with Crippen LogP contribution < -0.4 is 5.32 Å². The van der Waals surface area contributed by atoms with Crippen molar-refractivity contribution in [2.75, 3.05) is 18.9 Å². The molecule has 2 saturated carbocycles. The highest BCUT2D eigenvalue weighted by Crippen LogP contribution is 2.48. The molecule has 1 amide bonds. The molecule has 3 fully saturated rings. The maximum absolute atomic E-state index is 12.8. The van der Waals surface area contributed by atoms with Gasteiger partial charge < -0.3 is 10.2 Å². The van der Waals surface area contributed by atoms with Crippen molar-refractivity contribution in [2.45, 2.75) is 56.3 Å². The Bertz CT molecular complexity index is 881. The maximum Gasteiger partial charge on any atom is 0.284 e. The first kappa shape index (κ1) is 19.4. The summed E-state index contributed by atoms with van der Waals surface area (Å²) in [5, 5.41) is 2.94. The molecule has 0 radical (unpaired) electrons. The summed E-state index contributed by atoms with van der Waals surface area (Å²) in [5.41, 5.74) is 0.531. The second-order valence-corrected chi connectivity index (χ2v) is 10.1. The number of hydrogen-bond acceptors (Lipinski definition) is 3. The summed E-state index contributed by atoms with van der Waals surface area (Å²) in [5.74, 6) is 1.90. The number of amides is 1. The Morgan fingerprint density at radius 3 is 2.79 bits per heavy atom. The number of benzene rings is 1. The molecule has 1 aromatic carbocycles. The summed E-state index contributed by atoms with van der Waals surface area (Å²) in [6, 6.07) is 6.49. The quantitative estimate of drug-likeness (QED) is 0.832. The van der Waals surface area contributed by atoms with Crippen LogP contribution in [0.1, 0.15) is 51.4 Å². The van der Waals surface area contributed by atoms with Crippen molar-refractivity contribution in [1.82, 2.24) is 4.90 Å². The summed E-state index contributed by atoms with van der Waals surface area (Å²) in [7, 11) is -1.91. The summed E-state index contributed by atoms with van der Waals surface area (Å²) >= 11 is 0. The lowest BCUT2D eigenvalue weighted by Gasteiger charge is -2.21. The molecule has 0 spiro atoms. The van der Waals surface area contributed by atoms with E-state index in [1.54, 1.807) is 18.2 Å². The van der Waals surface area contributed by atoms with E-state index in [2.05, 4.69) is 9.71 Å². The molecular weight excluding hydrogens is 374 g/mol. The molecule has 3 atom stereocenters. The molecule has 1 saturated heterocycles. The smallest absolute Gasteiger partial charge is 0.284 e. The van der Waals surface area contributed by atoms with Crippen LogP contribution in [0.25, 0.3) is 0 Å². The third-order valence-corrected chi connectivity index (χ3v) is 7.84. The lowest BCUT2D eigenvalue weighted by Crippen LogP contribution is -2.27. The fraction of sp³-hybridized carbons (Fsp3) is 0.619. The van der Waals surface area contributed by atoms with Crippen molar-refractivity contribution in [2.24, 2.45) is 22.2 Å². The van der Waals surface area contributed by atoms with Gasteiger partial charge in [-0.25, -0.2) is 0 Å². The van der Waals surface area contributed by atoms with Crippen molar-refractivity contribution in [3.8, 4) is 0 Å². The van der Waals surface area contributed by atoms with Gasteiger partial charge in [0.25, 0.3) is 10.0 Å². The third-order valence-electron chi connectivity index (χ3n) is 6.53. The minimum Gasteiger partial charge on any atom is -0.362 e. The van der Waals surface area contributed by atoms with E-state index in [9.17, 15) is 13.2 Å². The minimum absolute atomic E-state index is 0.0246. The van der Waals surface area contributed by atoms with Gasteiger partial charge >= 0.3 is 0 Å². The van der Waals surface area contributed by atoms with Gasteiger partial charge in [-0.1, -0.05) is 18.9 Å². The van der Waals surface area contributed by atoms with E-state index in [0.29, 0.717) is 29.8 Å². The number of anilines is 1. The van der Waals surface area contributed by atoms with Gasteiger partial charge in [0.05, 0.1) is 4.90 Å². The molecule has 2 aliphatic carbocycles. The van der Waals surface area contributed by atoms with Gasteiger partial charge in [0.15, 0.2) is 0 Å². The zero-order chi connectivity index (χ0) is 19.7. The average molecular weight is 404 g/mol. The second-order valence-electron chi connectivity index (χ2n) is 8.51. The summed E-state index contributed by atoms with van der Waals surface area (Å²) in [6.45, 7) is 0.827. The number of amidine groups is 1. The van der Waals surface area contributed by atoms with Crippen LogP contribution in [0.4, 0.5) is 5.69 Å². The average Bonchev–Trinajstić information content (AvgIpc) is 3.25. The number of hydrogen-bond donors (Lipinski definition) is 1. The summed E-state index contributed by atoms with van der Waals surface area (Å²) in [4.78, 5) is 14.7. The lowest BCUT2D eigenvalue weighted by atomic mass is 9.88. The number of nitrogens with one attached hydrogen (secondary N) is 1. The fourth-order valence-electron chi connectivity index (χ4n) is 4.97. The van der Waals surface area contributed by atoms with E-state index >= 15 is 0 Å². The molecular formula is C21H29N3O3S. The molecule has 152 valence electrons. The molecule has 3 aliphatic rings. The second kappa shape index (κ2) is 7.85. The SMILES string of the molecule is CN1CCCCCC1=NS(=O)(=O)c1cccc(NC(=O)C2CC3CCC2C3)c1. The zero-order valence-corrected chi connectivity index (χ0v) is 17.2. The third kappa shape index (κ3) is 4.09. The Hall–Kier alpha value is -1.89. The van der Waals surface area contributed by atoms with Gasteiger partial charge in [-0.2, -0.15) is 8.42 Å². The van der Waals surface area contributed by atoms with Crippen molar-refractivity contribution in [3.05, 3.63) is 24.3 Å². The van der Waals surface area contributed by atoms with Crippen LogP contribution in [0.2, 0.25) is 0 Å². The first-order valence-electron chi connectivity index (χ1n) is 10.4. The normalized spacial score (nSPS) is 29.1. The molecule has 0 aromatic heterocycles. The molecule has 1 aromatic rings. The number of rotatable bonds is 4. The highest BCUT2D eigenvalue weighted by atomic mass is 32.2. The Morgan fingerprint density at radius 1 is 1.18 bits per heavy atom. The van der Waals surface area contributed by atoms with E-state index in [0.717, 1.165) is 45.1 Å². The Labute approximate surface area is 167 Å². The van der Waals surface area contributed by atoms with Crippen LogP contribution >= 0.6 is 0 Å². The topological polar surface area (TPSA) is 78.8 Å². The molecule has 4 rings (SSSR count). The standard InChI is InChI=1S/C21H29N3O3S/c1-24-11-4-2-3-8-20(24)23-28(26,27)18-7-5-6-17(14-18)22-21(25)19-13-15-9-10-16(19)12-15/h5-7,14-16,19H,2-4,8-13H2,1H3,(H,22,25). The number of carbonyl (C=O) groups is 1. The van der Waals surface area contributed by atoms with Crippen LogP contribution in [-0.2, 0) is 14.8 Å². The van der Waals surface area contributed by atoms with E-state index in [1.165, 1.54) is 12.5 Å². The predicted molar refractivity (Wildman–Crippen MR) is 110 cm³/mol. The summed E-state index contributed by atoms with van der Waals surface area (Å²) in [6.07, 6.45) is 8.30. The molecule has 6 nitrogen and oxygen atoms in total. The number of sulfonamides is 1. The maximum atomic E-state index is 12.8. The largest absolute Gasteiger partial charge is 0.362 e. The van der Waals surface area contributed by atoms with Crippen LogP contribution in [0, 0.1) is 17.8 Å². The van der Waals surface area contributed by atoms with Gasteiger partial charge in [0.2, 0.25) is 5.91 Å². The van der Waals surface area contributed by atoms with E-state index in [1.807, 2.05) is 11.9 Å². The first-order chi connectivity index (χ1) is 13.4. The van der Waals surface area contributed by atoms with Crippen molar-refractivity contribution in [1.29, 1.82) is 0 Å². The van der Waals surface area contributed by atoms with E-state index in [4.69, 9.17) is 0 Å². The number of nitrogens with zero attached hydrogens (tertiary/aromatic N) is 2. The van der Waals surface area contributed by atoms with Gasteiger partial charge in [-0.15, -0.1) is 4.40 Å². The highest BCUT2D eigenvalue weighted by Gasteiger charge is 2.43. The fourth-order valence-corrected chi connectivity index (χ4v) is 6.11. The predicted octanol–water partition coefficient (Wildman–Crippen LogP) is 3.65. The molecule has 1 N–H and O–H groups in total. The van der Waals surface area contributed by atoms with Gasteiger partial charge in [0, 0.05) is 31.6 Å². The molecule has 1 aliphatic heterocycles. The monoisotopic (exact) mass is 403 g/mol. The highest BCUT2D eigenvalue weighted by molar-refractivity contribution is 7.90. The number of likely N-dealkylation sites (tertiary alicyclic amines) is 1. The number of carbonyl (C=O) groups excluding carboxylic acids is 1. The molecule has 3 unspecified atom stereocenters. The molecule has 1 heterocycles. The lowest BCUT2D eigenvalue weighted by molar-refractivity contribution is -0.121. The van der Waals surface area contributed by atoms with E-state index < -0.39 is 10.0 Å². The van der Waals surface area contributed by atoms with Crippen LogP contribution in [0.5, 0.6) is 0 Å². The zero-order valence-electron chi connectivity index (χ0n) is 16.4. The minimum atomic E-state index is -3.80. The van der Waals surface area contributed by atoms with Crippen molar-refractivity contribution >= 4 is 27.5 Å². The molecule has 28 heavy (non-hydrogen) atoms. The molecule has 7 heteroatoms. The Morgan fingerprint density at radius 2 is 2.04 bits per heavy atom. The molecule has 2 bridgehead atoms. The Kier molecular flexibility index (Phi) is 5.45. The Balaban J connectivity index is 1.50. The summed E-state index contributed by atoms with van der Waals surface area (Å²) < 4.78 is 29.8. The number of fused-ring (bicyclic) bond motifs is 2. The van der Waals surface area contributed by atoms with Gasteiger partial charge in [-0.3, -0.25) is 4.79 Å².